The van der Waals surface area contributed by atoms with Gasteiger partial charge in [0.15, 0.2) is 6.29 Å². The third-order valence-electron chi connectivity index (χ3n) is 3.49. The first kappa shape index (κ1) is 13.4. The van der Waals surface area contributed by atoms with Crippen molar-refractivity contribution in [1.29, 1.82) is 0 Å². The highest BCUT2D eigenvalue weighted by atomic mass is 16.5. The van der Waals surface area contributed by atoms with Gasteiger partial charge in [0, 0.05) is 35.0 Å². The van der Waals surface area contributed by atoms with Crippen molar-refractivity contribution >= 4 is 17.2 Å². The maximum absolute atomic E-state index is 11.2. The summed E-state index contributed by atoms with van der Waals surface area (Å²) in [6.07, 6.45) is 2.87. The first-order valence-electron chi connectivity index (χ1n) is 6.76. The summed E-state index contributed by atoms with van der Waals surface area (Å²) in [7, 11) is 1.65. The van der Waals surface area contributed by atoms with E-state index in [1.54, 1.807) is 7.11 Å². The number of fused-ring (bicyclic) bond motifs is 1. The lowest BCUT2D eigenvalue weighted by Crippen LogP contribution is -2.03. The fourth-order valence-electron chi connectivity index (χ4n) is 2.59. The zero-order valence-corrected chi connectivity index (χ0v) is 12.0. The quantitative estimate of drug-likeness (QED) is 0.689. The minimum absolute atomic E-state index is 0.604. The summed E-state index contributed by atoms with van der Waals surface area (Å²) in [5, 5.41) is 1.05. The Morgan fingerprint density at radius 3 is 2.90 bits per heavy atom. The summed E-state index contributed by atoms with van der Waals surface area (Å²) in [5.74, 6) is 0.796. The molecule has 106 valence electrons. The molecule has 0 aliphatic rings. The van der Waals surface area contributed by atoms with E-state index in [4.69, 9.17) is 4.74 Å². The molecule has 0 spiro atoms. The van der Waals surface area contributed by atoms with E-state index >= 15 is 0 Å². The maximum Gasteiger partial charge on any atom is 0.152 e. The fraction of sp³-hybridized carbons (Fsp3) is 0.176. The van der Waals surface area contributed by atoms with Crippen LogP contribution >= 0.6 is 0 Å². The van der Waals surface area contributed by atoms with Gasteiger partial charge in [-0.1, -0.05) is 12.1 Å². The van der Waals surface area contributed by atoms with E-state index in [0.29, 0.717) is 12.1 Å². The third kappa shape index (κ3) is 2.52. The van der Waals surface area contributed by atoms with Gasteiger partial charge >= 0.3 is 0 Å². The van der Waals surface area contributed by atoms with Gasteiger partial charge in [-0.15, -0.1) is 0 Å². The predicted molar refractivity (Wildman–Crippen MR) is 82.0 cm³/mol. The van der Waals surface area contributed by atoms with Crippen LogP contribution in [-0.2, 0) is 6.54 Å². The van der Waals surface area contributed by atoms with Crippen LogP contribution in [0, 0.1) is 6.92 Å². The van der Waals surface area contributed by atoms with Crippen molar-refractivity contribution in [2.75, 3.05) is 7.11 Å². The Kier molecular flexibility index (Phi) is 3.44. The number of aldehydes is 1. The van der Waals surface area contributed by atoms with Gasteiger partial charge in [0.25, 0.3) is 0 Å². The number of aryl methyl sites for hydroxylation is 1. The molecule has 4 nitrogen and oxygen atoms in total. The average molecular weight is 280 g/mol. The molecule has 3 aromatic rings. The van der Waals surface area contributed by atoms with Crippen molar-refractivity contribution in [1.82, 2.24) is 9.55 Å². The van der Waals surface area contributed by atoms with E-state index in [0.717, 1.165) is 34.3 Å². The number of rotatable bonds is 4. The lowest BCUT2D eigenvalue weighted by Gasteiger charge is -2.09. The normalized spacial score (nSPS) is 10.8. The monoisotopic (exact) mass is 280 g/mol. The van der Waals surface area contributed by atoms with Crippen LogP contribution in [0.4, 0.5) is 0 Å². The molecule has 0 bridgehead atoms. The summed E-state index contributed by atoms with van der Waals surface area (Å²) in [6, 6.07) is 11.6. The van der Waals surface area contributed by atoms with Crippen molar-refractivity contribution in [3.8, 4) is 5.75 Å². The highest BCUT2D eigenvalue weighted by molar-refractivity contribution is 5.96. The second kappa shape index (κ2) is 5.40. The fourth-order valence-corrected chi connectivity index (χ4v) is 2.59. The van der Waals surface area contributed by atoms with Gasteiger partial charge in [-0.3, -0.25) is 9.78 Å². The number of benzene rings is 1. The number of hydrogen-bond donors (Lipinski definition) is 0. The van der Waals surface area contributed by atoms with Crippen LogP contribution in [-0.4, -0.2) is 22.9 Å². The lowest BCUT2D eigenvalue weighted by atomic mass is 10.1. The minimum Gasteiger partial charge on any atom is -0.497 e. The minimum atomic E-state index is 0.604. The number of hydrogen-bond acceptors (Lipinski definition) is 3. The van der Waals surface area contributed by atoms with E-state index in [1.165, 1.54) is 0 Å². The average Bonchev–Trinajstić information content (AvgIpc) is 2.90. The summed E-state index contributed by atoms with van der Waals surface area (Å²) in [6.45, 7) is 2.54. The van der Waals surface area contributed by atoms with Gasteiger partial charge in [0.2, 0.25) is 0 Å². The first-order valence-corrected chi connectivity index (χ1v) is 6.76. The van der Waals surface area contributed by atoms with Crippen LogP contribution in [0.1, 0.15) is 21.7 Å². The van der Waals surface area contributed by atoms with Gasteiger partial charge in [0.1, 0.15) is 5.75 Å². The molecule has 0 N–H and O–H groups in total. The van der Waals surface area contributed by atoms with Crippen molar-refractivity contribution in [3.05, 3.63) is 59.5 Å². The number of para-hydroxylation sites is 1. The largest absolute Gasteiger partial charge is 0.497 e. The van der Waals surface area contributed by atoms with E-state index in [2.05, 4.69) is 4.98 Å². The van der Waals surface area contributed by atoms with Gasteiger partial charge in [-0.2, -0.15) is 0 Å². The second-order valence-electron chi connectivity index (χ2n) is 4.99. The van der Waals surface area contributed by atoms with Gasteiger partial charge in [-0.25, -0.2) is 0 Å². The molecule has 0 aliphatic heterocycles. The van der Waals surface area contributed by atoms with Gasteiger partial charge < -0.3 is 9.30 Å². The molecule has 1 aromatic carbocycles. The second-order valence-corrected chi connectivity index (χ2v) is 4.99. The number of carbonyl (C=O) groups excluding carboxylic acids is 1. The highest BCUT2D eigenvalue weighted by Crippen LogP contribution is 2.21. The molecule has 2 heterocycles. The number of carbonyl (C=O) groups is 1. The molecule has 3 rings (SSSR count). The smallest absolute Gasteiger partial charge is 0.152 e. The van der Waals surface area contributed by atoms with Crippen LogP contribution in [0.15, 0.2) is 42.6 Å². The Bertz CT molecular complexity index is 806. The van der Waals surface area contributed by atoms with Crippen molar-refractivity contribution in [2.24, 2.45) is 0 Å². The predicted octanol–water partition coefficient (Wildman–Crippen LogP) is 3.21. The van der Waals surface area contributed by atoms with Crippen LogP contribution in [0.25, 0.3) is 10.9 Å². The Labute approximate surface area is 123 Å². The molecule has 0 atom stereocenters. The van der Waals surface area contributed by atoms with Crippen LogP contribution in [0.5, 0.6) is 5.75 Å². The Morgan fingerprint density at radius 1 is 1.29 bits per heavy atom. The summed E-state index contributed by atoms with van der Waals surface area (Å²) >= 11 is 0. The molecule has 0 saturated heterocycles. The molecule has 0 fully saturated rings. The van der Waals surface area contributed by atoms with Gasteiger partial charge in [0.05, 0.1) is 24.9 Å². The number of aromatic nitrogens is 2. The molecule has 21 heavy (non-hydrogen) atoms. The van der Waals surface area contributed by atoms with E-state index in [1.807, 2.05) is 54.1 Å². The number of nitrogens with zero attached hydrogens (tertiary/aromatic N) is 2. The maximum atomic E-state index is 11.2. The summed E-state index contributed by atoms with van der Waals surface area (Å²) in [4.78, 5) is 15.8. The first-order chi connectivity index (χ1) is 10.2. The van der Waals surface area contributed by atoms with Crippen LogP contribution < -0.4 is 4.74 Å². The van der Waals surface area contributed by atoms with Crippen molar-refractivity contribution in [2.45, 2.75) is 13.5 Å². The molecule has 2 aromatic heterocycles. The molecule has 0 unspecified atom stereocenters. The lowest BCUT2D eigenvalue weighted by molar-refractivity contribution is 0.112. The zero-order valence-electron chi connectivity index (χ0n) is 12.0. The molecule has 0 aliphatic carbocycles. The Hall–Kier alpha value is -2.62. The zero-order chi connectivity index (χ0) is 14.8. The van der Waals surface area contributed by atoms with E-state index in [9.17, 15) is 4.79 Å². The van der Waals surface area contributed by atoms with Crippen LogP contribution in [0.3, 0.4) is 0 Å². The Balaban J connectivity index is 2.06. The standard InChI is InChI=1S/C17H16N2O2/c1-12-8-16(21-2)9-15(18-12)10-19-7-6-13-4-3-5-14(11-20)17(13)19/h3-9,11H,10H2,1-2H3. The van der Waals surface area contributed by atoms with Crippen LogP contribution in [0.2, 0.25) is 0 Å². The molecule has 4 heteroatoms. The molecular formula is C17H16N2O2. The van der Waals surface area contributed by atoms with E-state index < -0.39 is 0 Å². The number of methoxy groups -OCH3 is 1. The van der Waals surface area contributed by atoms with Crippen molar-refractivity contribution < 1.29 is 9.53 Å². The molecule has 0 radical (unpaired) electrons. The van der Waals surface area contributed by atoms with Gasteiger partial charge in [-0.05, 0) is 19.1 Å². The number of ether oxygens (including phenoxy) is 1. The summed E-state index contributed by atoms with van der Waals surface area (Å²) in [5.41, 5.74) is 3.45. The Morgan fingerprint density at radius 2 is 2.14 bits per heavy atom. The number of pyridine rings is 1. The summed E-state index contributed by atoms with van der Waals surface area (Å²) < 4.78 is 7.32. The topological polar surface area (TPSA) is 44.1 Å². The molecule has 0 saturated carbocycles. The van der Waals surface area contributed by atoms with Crippen molar-refractivity contribution in [3.63, 3.8) is 0 Å². The highest BCUT2D eigenvalue weighted by Gasteiger charge is 2.08. The third-order valence-corrected chi connectivity index (χ3v) is 3.49. The SMILES string of the molecule is COc1cc(C)nc(Cn2ccc3cccc(C=O)c32)c1. The molecular weight excluding hydrogens is 264 g/mol. The molecule has 0 amide bonds. The van der Waals surface area contributed by atoms with E-state index in [-0.39, 0.29) is 0 Å².